The minimum atomic E-state index is -0.0999. The van der Waals surface area contributed by atoms with Crippen molar-refractivity contribution in [1.82, 2.24) is 0 Å². The lowest BCUT2D eigenvalue weighted by Gasteiger charge is -2.11. The lowest BCUT2D eigenvalue weighted by molar-refractivity contribution is 0.447. The van der Waals surface area contributed by atoms with Gasteiger partial charge in [0.15, 0.2) is 0 Å². The summed E-state index contributed by atoms with van der Waals surface area (Å²) in [5.74, 6) is 0.204. The number of benzene rings is 1. The van der Waals surface area contributed by atoms with Gasteiger partial charge in [0.2, 0.25) is 0 Å². The molecular weight excluding hydrogens is 170 g/mol. The summed E-state index contributed by atoms with van der Waals surface area (Å²) in [6.45, 7) is 1.98. The van der Waals surface area contributed by atoms with Crippen LogP contribution in [0.3, 0.4) is 0 Å². The average Bonchev–Trinajstić information content (AvgIpc) is 2.08. The molecule has 0 saturated heterocycles. The molecule has 1 aromatic rings. The van der Waals surface area contributed by atoms with Crippen LogP contribution < -0.4 is 5.73 Å². The molecule has 12 heavy (non-hydrogen) atoms. The maximum atomic E-state index is 9.54. The predicted molar refractivity (Wildman–Crippen MR) is 52.6 cm³/mol. The van der Waals surface area contributed by atoms with Crippen LogP contribution in [0.1, 0.15) is 24.9 Å². The van der Waals surface area contributed by atoms with Crippen LogP contribution in [0, 0.1) is 0 Å². The van der Waals surface area contributed by atoms with Gasteiger partial charge in [-0.25, -0.2) is 0 Å². The number of phenolic OH excluding ortho intramolecular Hbond substituents is 1. The molecule has 2 nitrogen and oxygen atoms in total. The summed E-state index contributed by atoms with van der Waals surface area (Å²) in [5.41, 5.74) is 6.54. The van der Waals surface area contributed by atoms with Gasteiger partial charge in [0.05, 0.1) is 0 Å². The first-order valence-electron chi connectivity index (χ1n) is 3.93. The van der Waals surface area contributed by atoms with Crippen molar-refractivity contribution in [3.05, 3.63) is 23.8 Å². The van der Waals surface area contributed by atoms with Crippen LogP contribution in [0.4, 0.5) is 0 Å². The summed E-state index contributed by atoms with van der Waals surface area (Å²) < 4.78 is 0. The third kappa shape index (κ3) is 1.73. The maximum absolute atomic E-state index is 9.54. The molecule has 1 aromatic carbocycles. The van der Waals surface area contributed by atoms with Gasteiger partial charge in [-0.15, -0.1) is 12.6 Å². The van der Waals surface area contributed by atoms with Crippen molar-refractivity contribution in [3.63, 3.8) is 0 Å². The summed E-state index contributed by atoms with van der Waals surface area (Å²) in [7, 11) is 0. The number of hydrogen-bond acceptors (Lipinski definition) is 3. The van der Waals surface area contributed by atoms with Crippen LogP contribution >= 0.6 is 12.6 Å². The topological polar surface area (TPSA) is 46.2 Å². The Bertz CT molecular complexity index is 275. The fourth-order valence-corrected chi connectivity index (χ4v) is 1.28. The van der Waals surface area contributed by atoms with Crippen LogP contribution in [0.25, 0.3) is 0 Å². The third-order valence-electron chi connectivity index (χ3n) is 1.89. The lowest BCUT2D eigenvalue weighted by Crippen LogP contribution is -2.08. The largest absolute Gasteiger partial charge is 0.506 e. The Hall–Kier alpha value is -0.670. The molecule has 1 rings (SSSR count). The fraction of sp³-hybridized carbons (Fsp3) is 0.333. The molecule has 3 heteroatoms. The molecule has 1 unspecified atom stereocenters. The molecule has 0 aliphatic rings. The van der Waals surface area contributed by atoms with Gasteiger partial charge in [-0.3, -0.25) is 0 Å². The van der Waals surface area contributed by atoms with E-state index in [-0.39, 0.29) is 11.8 Å². The van der Waals surface area contributed by atoms with Crippen molar-refractivity contribution in [2.24, 2.45) is 5.73 Å². The standard InChI is InChI=1S/C9H13NOS/c1-2-7(10)6-4-3-5-8(12)9(6)11/h3-5,7,11-12H,2,10H2,1H3. The van der Waals surface area contributed by atoms with E-state index in [0.717, 1.165) is 12.0 Å². The van der Waals surface area contributed by atoms with E-state index in [2.05, 4.69) is 12.6 Å². The van der Waals surface area contributed by atoms with Crippen LogP contribution in [0.5, 0.6) is 5.75 Å². The van der Waals surface area contributed by atoms with Gasteiger partial charge in [-0.1, -0.05) is 19.1 Å². The van der Waals surface area contributed by atoms with Crippen LogP contribution in [0.2, 0.25) is 0 Å². The number of phenols is 1. The minimum absolute atomic E-state index is 0.0999. The molecule has 0 aliphatic carbocycles. The zero-order valence-corrected chi connectivity index (χ0v) is 7.88. The first-order valence-corrected chi connectivity index (χ1v) is 4.38. The first kappa shape index (κ1) is 9.42. The highest BCUT2D eigenvalue weighted by molar-refractivity contribution is 7.80. The molecule has 0 radical (unpaired) electrons. The summed E-state index contributed by atoms with van der Waals surface area (Å²) in [6.07, 6.45) is 0.810. The van der Waals surface area contributed by atoms with E-state index >= 15 is 0 Å². The SMILES string of the molecule is CCC(N)c1cccc(S)c1O. The lowest BCUT2D eigenvalue weighted by atomic mass is 10.0. The molecule has 0 saturated carbocycles. The van der Waals surface area contributed by atoms with E-state index in [1.54, 1.807) is 6.07 Å². The molecule has 0 spiro atoms. The van der Waals surface area contributed by atoms with Gasteiger partial charge in [-0.2, -0.15) is 0 Å². The Morgan fingerprint density at radius 1 is 1.58 bits per heavy atom. The van der Waals surface area contributed by atoms with E-state index < -0.39 is 0 Å². The number of thiol groups is 1. The van der Waals surface area contributed by atoms with E-state index in [9.17, 15) is 5.11 Å². The second kappa shape index (κ2) is 3.83. The highest BCUT2D eigenvalue weighted by Crippen LogP contribution is 2.30. The number of aromatic hydroxyl groups is 1. The van der Waals surface area contributed by atoms with Gasteiger partial charge in [0.1, 0.15) is 5.75 Å². The third-order valence-corrected chi connectivity index (χ3v) is 2.25. The minimum Gasteiger partial charge on any atom is -0.506 e. The van der Waals surface area contributed by atoms with Gasteiger partial charge < -0.3 is 10.8 Å². The molecule has 3 N–H and O–H groups in total. The van der Waals surface area contributed by atoms with Gasteiger partial charge in [0, 0.05) is 16.5 Å². The summed E-state index contributed by atoms with van der Waals surface area (Å²) in [5, 5.41) is 9.54. The van der Waals surface area contributed by atoms with Crippen LogP contribution in [-0.4, -0.2) is 5.11 Å². The van der Waals surface area contributed by atoms with E-state index in [0.29, 0.717) is 4.90 Å². The highest BCUT2D eigenvalue weighted by atomic mass is 32.1. The summed E-state index contributed by atoms with van der Waals surface area (Å²) in [4.78, 5) is 0.580. The normalized spacial score (nSPS) is 12.9. The number of para-hydroxylation sites is 1. The molecule has 0 heterocycles. The maximum Gasteiger partial charge on any atom is 0.133 e. The Morgan fingerprint density at radius 2 is 2.25 bits per heavy atom. The second-order valence-corrected chi connectivity index (χ2v) is 3.21. The summed E-state index contributed by atoms with van der Waals surface area (Å²) in [6, 6.07) is 5.30. The number of hydrogen-bond donors (Lipinski definition) is 3. The smallest absolute Gasteiger partial charge is 0.133 e. The Labute approximate surface area is 77.8 Å². The van der Waals surface area contributed by atoms with Crippen molar-refractivity contribution < 1.29 is 5.11 Å². The molecule has 0 bridgehead atoms. The molecule has 0 amide bonds. The quantitative estimate of drug-likeness (QED) is 0.615. The molecule has 0 aromatic heterocycles. The van der Waals surface area contributed by atoms with E-state index in [1.165, 1.54) is 0 Å². The molecule has 66 valence electrons. The van der Waals surface area contributed by atoms with Gasteiger partial charge >= 0.3 is 0 Å². The van der Waals surface area contributed by atoms with Crippen molar-refractivity contribution in [1.29, 1.82) is 0 Å². The molecule has 0 fully saturated rings. The average molecular weight is 183 g/mol. The first-order chi connectivity index (χ1) is 5.66. The monoisotopic (exact) mass is 183 g/mol. The van der Waals surface area contributed by atoms with Crippen molar-refractivity contribution in [3.8, 4) is 5.75 Å². The van der Waals surface area contributed by atoms with Gasteiger partial charge in [-0.05, 0) is 12.5 Å². The molecule has 0 aliphatic heterocycles. The van der Waals surface area contributed by atoms with Crippen LogP contribution in [0.15, 0.2) is 23.1 Å². The predicted octanol–water partition coefficient (Wildman–Crippen LogP) is 2.09. The number of rotatable bonds is 2. The Morgan fingerprint density at radius 3 is 2.83 bits per heavy atom. The fourth-order valence-electron chi connectivity index (χ4n) is 1.07. The second-order valence-electron chi connectivity index (χ2n) is 2.73. The van der Waals surface area contributed by atoms with E-state index in [1.807, 2.05) is 19.1 Å². The summed E-state index contributed by atoms with van der Waals surface area (Å²) >= 11 is 4.10. The highest BCUT2D eigenvalue weighted by Gasteiger charge is 2.09. The Balaban J connectivity index is 3.07. The van der Waals surface area contributed by atoms with Crippen molar-refractivity contribution in [2.45, 2.75) is 24.3 Å². The molecular formula is C9H13NOS. The zero-order chi connectivity index (χ0) is 9.14. The van der Waals surface area contributed by atoms with Crippen molar-refractivity contribution >= 4 is 12.6 Å². The Kier molecular flexibility index (Phi) is 3.00. The van der Waals surface area contributed by atoms with Gasteiger partial charge in [0.25, 0.3) is 0 Å². The molecule has 1 atom stereocenters. The van der Waals surface area contributed by atoms with Crippen molar-refractivity contribution in [2.75, 3.05) is 0 Å². The number of nitrogens with two attached hydrogens (primary N) is 1. The zero-order valence-electron chi connectivity index (χ0n) is 6.99. The van der Waals surface area contributed by atoms with Crippen LogP contribution in [-0.2, 0) is 0 Å². The van der Waals surface area contributed by atoms with E-state index in [4.69, 9.17) is 5.73 Å².